The Morgan fingerprint density at radius 1 is 1.22 bits per heavy atom. The first kappa shape index (κ1) is 17.3. The quantitative estimate of drug-likeness (QED) is 0.537. The van der Waals surface area contributed by atoms with Crippen LogP contribution in [0.5, 0.6) is 5.75 Å². The molecule has 0 spiro atoms. The van der Waals surface area contributed by atoms with Crippen molar-refractivity contribution < 1.29 is 18.7 Å². The van der Waals surface area contributed by atoms with E-state index < -0.39 is 16.8 Å². The first-order valence-corrected chi connectivity index (χ1v) is 8.90. The Morgan fingerprint density at radius 2 is 2.04 bits per heavy atom. The van der Waals surface area contributed by atoms with E-state index in [1.165, 1.54) is 13.2 Å². The lowest BCUT2D eigenvalue weighted by Gasteiger charge is -2.14. The molecule has 1 aliphatic rings. The largest absolute Gasteiger partial charge is 0.493 e. The molecule has 0 unspecified atom stereocenters. The van der Waals surface area contributed by atoms with Gasteiger partial charge in [0.05, 0.1) is 17.5 Å². The Balaban J connectivity index is 1.75. The highest BCUT2D eigenvalue weighted by Crippen LogP contribution is 2.31. The van der Waals surface area contributed by atoms with Crippen LogP contribution in [0.15, 0.2) is 51.2 Å². The summed E-state index contributed by atoms with van der Waals surface area (Å²) in [6.45, 7) is 0. The Kier molecular flexibility index (Phi) is 4.21. The smallest absolute Gasteiger partial charge is 0.396 e. The summed E-state index contributed by atoms with van der Waals surface area (Å²) in [4.78, 5) is 36.0. The molecule has 27 heavy (non-hydrogen) atoms. The first-order chi connectivity index (χ1) is 13.0. The normalized spacial score (nSPS) is 15.6. The van der Waals surface area contributed by atoms with Gasteiger partial charge in [-0.2, -0.15) is 0 Å². The van der Waals surface area contributed by atoms with Crippen LogP contribution in [0.2, 0.25) is 5.02 Å². The Morgan fingerprint density at radius 3 is 2.78 bits per heavy atom. The highest BCUT2D eigenvalue weighted by molar-refractivity contribution is 7.16. The van der Waals surface area contributed by atoms with E-state index in [4.69, 9.17) is 20.8 Å². The van der Waals surface area contributed by atoms with E-state index in [2.05, 4.69) is 5.43 Å². The summed E-state index contributed by atoms with van der Waals surface area (Å²) in [6.07, 6.45) is 1.44. The fraction of sp³-hybridized carbons (Fsp3) is 0.0556. The average Bonchev–Trinajstić information content (AvgIpc) is 3.14. The van der Waals surface area contributed by atoms with Crippen LogP contribution in [0.25, 0.3) is 16.4 Å². The molecular weight excluding hydrogens is 392 g/mol. The lowest BCUT2D eigenvalue weighted by molar-refractivity contribution is -0.117. The SMILES string of the molecule is COc1cc(C=C2C(=O)NN(c3cccc(Cl)c3)C2=O)cc2sc(=O)oc12. The van der Waals surface area contributed by atoms with Crippen LogP contribution in [-0.4, -0.2) is 18.9 Å². The van der Waals surface area contributed by atoms with Crippen molar-refractivity contribution in [3.8, 4) is 5.75 Å². The van der Waals surface area contributed by atoms with Gasteiger partial charge < -0.3 is 9.15 Å². The molecule has 4 rings (SSSR count). The second-order valence-corrected chi connectivity index (χ2v) is 7.04. The zero-order valence-electron chi connectivity index (χ0n) is 13.8. The van der Waals surface area contributed by atoms with Gasteiger partial charge in [-0.05, 0) is 42.0 Å². The molecule has 2 heterocycles. The molecule has 1 aromatic heterocycles. The van der Waals surface area contributed by atoms with Gasteiger partial charge in [0.1, 0.15) is 5.57 Å². The summed E-state index contributed by atoms with van der Waals surface area (Å²) in [7, 11) is 1.44. The maximum atomic E-state index is 12.7. The molecule has 0 radical (unpaired) electrons. The van der Waals surface area contributed by atoms with Crippen molar-refractivity contribution in [2.75, 3.05) is 12.1 Å². The molecule has 2 aromatic carbocycles. The van der Waals surface area contributed by atoms with Gasteiger partial charge in [0, 0.05) is 5.02 Å². The topological polar surface area (TPSA) is 88.9 Å². The van der Waals surface area contributed by atoms with Crippen LogP contribution < -0.4 is 20.1 Å². The molecule has 0 atom stereocenters. The molecule has 7 nitrogen and oxygen atoms in total. The minimum Gasteiger partial charge on any atom is -0.493 e. The lowest BCUT2D eigenvalue weighted by atomic mass is 10.1. The zero-order chi connectivity index (χ0) is 19.1. The van der Waals surface area contributed by atoms with Crippen molar-refractivity contribution in [3.05, 3.63) is 62.3 Å². The number of halogens is 1. The van der Waals surface area contributed by atoms with Gasteiger partial charge in [0.2, 0.25) is 0 Å². The third kappa shape index (κ3) is 3.09. The molecule has 1 aliphatic heterocycles. The second kappa shape index (κ2) is 6.57. The monoisotopic (exact) mass is 402 g/mol. The van der Waals surface area contributed by atoms with Gasteiger partial charge in [0.25, 0.3) is 11.8 Å². The number of hydrogen-bond donors (Lipinski definition) is 1. The Hall–Kier alpha value is -3.10. The van der Waals surface area contributed by atoms with Crippen LogP contribution in [0, 0.1) is 0 Å². The second-order valence-electron chi connectivity index (χ2n) is 5.62. The van der Waals surface area contributed by atoms with Crippen molar-refractivity contribution in [2.45, 2.75) is 0 Å². The Bertz CT molecular complexity index is 1180. The van der Waals surface area contributed by atoms with E-state index in [1.807, 2.05) is 0 Å². The van der Waals surface area contributed by atoms with E-state index in [0.717, 1.165) is 16.3 Å². The zero-order valence-corrected chi connectivity index (χ0v) is 15.4. The van der Waals surface area contributed by atoms with Crippen molar-refractivity contribution in [1.29, 1.82) is 0 Å². The molecular formula is C18H11ClN2O5S. The molecule has 136 valence electrons. The van der Waals surface area contributed by atoms with Gasteiger partial charge in [-0.25, -0.2) is 9.80 Å². The summed E-state index contributed by atoms with van der Waals surface area (Å²) in [5.41, 5.74) is 3.77. The number of carbonyl (C=O) groups excluding carboxylic acids is 2. The summed E-state index contributed by atoms with van der Waals surface area (Å²) >= 11 is 6.86. The van der Waals surface area contributed by atoms with Crippen molar-refractivity contribution in [3.63, 3.8) is 0 Å². The van der Waals surface area contributed by atoms with Gasteiger partial charge >= 0.3 is 4.94 Å². The van der Waals surface area contributed by atoms with E-state index in [9.17, 15) is 14.4 Å². The molecule has 1 N–H and O–H groups in total. The number of amides is 2. The number of hydrogen-bond acceptors (Lipinski definition) is 6. The highest BCUT2D eigenvalue weighted by Gasteiger charge is 2.34. The fourth-order valence-corrected chi connectivity index (χ4v) is 3.64. The number of carbonyl (C=O) groups is 2. The van der Waals surface area contributed by atoms with Gasteiger partial charge in [-0.1, -0.05) is 29.0 Å². The molecule has 9 heteroatoms. The Labute approximate surface area is 161 Å². The van der Waals surface area contributed by atoms with Crippen LogP contribution in [0.1, 0.15) is 5.56 Å². The fourth-order valence-electron chi connectivity index (χ4n) is 2.72. The number of ether oxygens (including phenoxy) is 1. The molecule has 3 aromatic rings. The third-order valence-corrected chi connectivity index (χ3v) is 4.92. The molecule has 2 amide bonds. The van der Waals surface area contributed by atoms with Crippen LogP contribution in [-0.2, 0) is 9.59 Å². The van der Waals surface area contributed by atoms with Crippen LogP contribution in [0.4, 0.5) is 5.69 Å². The average molecular weight is 403 g/mol. The number of anilines is 1. The summed E-state index contributed by atoms with van der Waals surface area (Å²) in [6, 6.07) is 9.82. The van der Waals surface area contributed by atoms with Crippen molar-refractivity contribution in [1.82, 2.24) is 5.43 Å². The number of rotatable bonds is 3. The molecule has 0 saturated carbocycles. The molecule has 0 aliphatic carbocycles. The van der Waals surface area contributed by atoms with Crippen molar-refractivity contribution >= 4 is 56.8 Å². The minimum atomic E-state index is -0.542. The minimum absolute atomic E-state index is 0.0489. The van der Waals surface area contributed by atoms with Gasteiger partial charge in [0.15, 0.2) is 11.3 Å². The highest BCUT2D eigenvalue weighted by atomic mass is 35.5. The van der Waals surface area contributed by atoms with E-state index in [-0.39, 0.29) is 5.57 Å². The van der Waals surface area contributed by atoms with E-state index in [0.29, 0.717) is 32.3 Å². The number of nitrogens with zero attached hydrogens (tertiary/aromatic N) is 1. The molecule has 1 saturated heterocycles. The predicted molar refractivity (Wildman–Crippen MR) is 102 cm³/mol. The maximum absolute atomic E-state index is 12.7. The van der Waals surface area contributed by atoms with Crippen LogP contribution >= 0.6 is 22.9 Å². The number of benzene rings is 2. The molecule has 0 bridgehead atoms. The third-order valence-electron chi connectivity index (χ3n) is 3.91. The predicted octanol–water partition coefficient (Wildman–Crippen LogP) is 2.98. The number of fused-ring (bicyclic) bond motifs is 1. The van der Waals surface area contributed by atoms with Gasteiger partial charge in [-0.15, -0.1) is 0 Å². The first-order valence-electron chi connectivity index (χ1n) is 7.70. The van der Waals surface area contributed by atoms with Gasteiger partial charge in [-0.3, -0.25) is 15.0 Å². The van der Waals surface area contributed by atoms with E-state index in [1.54, 1.807) is 36.4 Å². The maximum Gasteiger partial charge on any atom is 0.396 e. The number of nitrogens with one attached hydrogen (secondary N) is 1. The summed E-state index contributed by atoms with van der Waals surface area (Å²) in [5.74, 6) is -0.712. The number of methoxy groups -OCH3 is 1. The standard InChI is InChI=1S/C18H11ClN2O5S/c1-25-13-6-9(7-14-15(13)26-18(24)27-14)5-12-16(22)20-21(17(12)23)11-4-2-3-10(19)8-11/h2-8H,1H3,(H,20,22). The van der Waals surface area contributed by atoms with E-state index >= 15 is 0 Å². The van der Waals surface area contributed by atoms with Crippen LogP contribution in [0.3, 0.4) is 0 Å². The summed E-state index contributed by atoms with van der Waals surface area (Å²) < 4.78 is 10.9. The summed E-state index contributed by atoms with van der Waals surface area (Å²) in [5, 5.41) is 1.57. The van der Waals surface area contributed by atoms with Crippen molar-refractivity contribution in [2.24, 2.45) is 0 Å². The lowest BCUT2D eigenvalue weighted by Crippen LogP contribution is -2.35. The molecule has 1 fully saturated rings. The number of hydrazine groups is 1.